The van der Waals surface area contributed by atoms with Crippen molar-refractivity contribution in [1.29, 1.82) is 0 Å². The molecule has 0 spiro atoms. The largest absolute Gasteiger partial charge is 0.453 e. The number of Topliss-reactive ketones (excluding diaryl/α,β-unsaturated/α-hetero) is 1. The van der Waals surface area contributed by atoms with Crippen LogP contribution in [-0.4, -0.2) is 18.4 Å². The van der Waals surface area contributed by atoms with E-state index < -0.39 is 18.2 Å². The van der Waals surface area contributed by atoms with Crippen LogP contribution in [0.15, 0.2) is 57.7 Å². The second kappa shape index (κ2) is 7.19. The molecule has 3 aromatic rings. The van der Waals surface area contributed by atoms with Gasteiger partial charge in [-0.1, -0.05) is 30.3 Å². The maximum absolute atomic E-state index is 12.4. The highest BCUT2D eigenvalue weighted by Gasteiger charge is 2.18. The Balaban J connectivity index is 1.48. The molecular weight excluding hydrogens is 344 g/mol. The number of esters is 1. The first-order valence-electron chi connectivity index (χ1n) is 8.97. The number of hydrogen-bond acceptors (Lipinski definition) is 5. The molecule has 27 heavy (non-hydrogen) atoms. The fourth-order valence-corrected chi connectivity index (χ4v) is 3.40. The van der Waals surface area contributed by atoms with Gasteiger partial charge in [-0.05, 0) is 55.0 Å². The molecule has 0 bridgehead atoms. The van der Waals surface area contributed by atoms with Crippen LogP contribution in [0.2, 0.25) is 0 Å². The molecule has 5 heteroatoms. The topological polar surface area (TPSA) is 73.6 Å². The second-order valence-electron chi connectivity index (χ2n) is 6.68. The van der Waals surface area contributed by atoms with E-state index in [2.05, 4.69) is 0 Å². The fourth-order valence-electron chi connectivity index (χ4n) is 3.40. The minimum atomic E-state index is -0.860. The van der Waals surface area contributed by atoms with Crippen molar-refractivity contribution in [3.05, 3.63) is 81.2 Å². The van der Waals surface area contributed by atoms with Crippen LogP contribution in [0.1, 0.15) is 44.7 Å². The molecule has 0 saturated heterocycles. The van der Waals surface area contributed by atoms with Crippen LogP contribution in [-0.2, 0) is 17.6 Å². The van der Waals surface area contributed by atoms with Crippen LogP contribution in [0.5, 0.6) is 0 Å². The summed E-state index contributed by atoms with van der Waals surface area (Å²) in [4.78, 5) is 36.6. The Morgan fingerprint density at radius 1 is 0.963 bits per heavy atom. The number of para-hydroxylation sites is 1. The Hall–Kier alpha value is -3.21. The third-order valence-electron chi connectivity index (χ3n) is 4.87. The van der Waals surface area contributed by atoms with E-state index in [4.69, 9.17) is 9.15 Å². The van der Waals surface area contributed by atoms with Gasteiger partial charge < -0.3 is 9.15 Å². The number of ketones is 1. The van der Waals surface area contributed by atoms with Gasteiger partial charge in [0, 0.05) is 10.9 Å². The molecule has 1 aliphatic rings. The summed E-state index contributed by atoms with van der Waals surface area (Å²) in [7, 11) is 0. The number of aryl methyl sites for hydroxylation is 2. The van der Waals surface area contributed by atoms with E-state index in [1.807, 2.05) is 12.1 Å². The van der Waals surface area contributed by atoms with Crippen LogP contribution >= 0.6 is 0 Å². The van der Waals surface area contributed by atoms with Gasteiger partial charge in [-0.25, -0.2) is 9.59 Å². The summed E-state index contributed by atoms with van der Waals surface area (Å²) in [6, 6.07) is 13.9. The molecule has 1 aliphatic carbocycles. The normalized spacial score (nSPS) is 13.2. The highest BCUT2D eigenvalue weighted by atomic mass is 16.5. The maximum Gasteiger partial charge on any atom is 0.351 e. The molecule has 0 unspecified atom stereocenters. The smallest absolute Gasteiger partial charge is 0.351 e. The Morgan fingerprint density at radius 2 is 1.74 bits per heavy atom. The van der Waals surface area contributed by atoms with Crippen molar-refractivity contribution in [2.75, 3.05) is 6.61 Å². The Labute approximate surface area is 155 Å². The standard InChI is InChI=1S/C22H18O5/c23-19(16-10-9-14-5-1-2-6-15(14)11-16)13-26-21(24)18-12-17-7-3-4-8-20(17)27-22(18)25/h3-4,7-12H,1-2,5-6,13H2. The Kier molecular flexibility index (Phi) is 4.59. The molecule has 0 atom stereocenters. The zero-order valence-electron chi connectivity index (χ0n) is 14.7. The summed E-state index contributed by atoms with van der Waals surface area (Å²) in [6.45, 7) is -0.413. The molecule has 5 nitrogen and oxygen atoms in total. The van der Waals surface area contributed by atoms with Crippen molar-refractivity contribution >= 4 is 22.7 Å². The van der Waals surface area contributed by atoms with Gasteiger partial charge in [0.05, 0.1) is 0 Å². The number of ether oxygens (including phenoxy) is 1. The number of rotatable bonds is 4. The molecule has 1 heterocycles. The number of hydrogen-bond donors (Lipinski definition) is 0. The average molecular weight is 362 g/mol. The Morgan fingerprint density at radius 3 is 2.59 bits per heavy atom. The van der Waals surface area contributed by atoms with Crippen molar-refractivity contribution in [2.24, 2.45) is 0 Å². The maximum atomic E-state index is 12.4. The molecule has 0 radical (unpaired) electrons. The van der Waals surface area contributed by atoms with Crippen molar-refractivity contribution in [3.63, 3.8) is 0 Å². The molecule has 4 rings (SSSR count). The first-order chi connectivity index (χ1) is 13.1. The summed E-state index contributed by atoms with van der Waals surface area (Å²) >= 11 is 0. The van der Waals surface area contributed by atoms with Crippen LogP contribution in [0.3, 0.4) is 0 Å². The van der Waals surface area contributed by atoms with E-state index in [1.54, 1.807) is 30.3 Å². The SMILES string of the molecule is O=C(COC(=O)c1cc2ccccc2oc1=O)c1ccc2c(c1)CCCC2. The highest BCUT2D eigenvalue weighted by molar-refractivity contribution is 6.00. The summed E-state index contributed by atoms with van der Waals surface area (Å²) in [6.07, 6.45) is 4.30. The van der Waals surface area contributed by atoms with Gasteiger partial charge >= 0.3 is 11.6 Å². The molecule has 1 aromatic heterocycles. The van der Waals surface area contributed by atoms with Gasteiger partial charge in [-0.3, -0.25) is 4.79 Å². The van der Waals surface area contributed by atoms with Gasteiger partial charge in [0.15, 0.2) is 12.4 Å². The Bertz CT molecular complexity index is 1090. The van der Waals surface area contributed by atoms with Crippen LogP contribution in [0.4, 0.5) is 0 Å². The molecule has 0 fully saturated rings. The van der Waals surface area contributed by atoms with E-state index >= 15 is 0 Å². The quantitative estimate of drug-likeness (QED) is 0.402. The highest BCUT2D eigenvalue weighted by Crippen LogP contribution is 2.22. The summed E-state index contributed by atoms with van der Waals surface area (Å²) in [5.41, 5.74) is 2.39. The van der Waals surface area contributed by atoms with E-state index in [0.717, 1.165) is 19.3 Å². The van der Waals surface area contributed by atoms with Gasteiger partial charge in [0.1, 0.15) is 11.1 Å². The van der Waals surface area contributed by atoms with E-state index in [9.17, 15) is 14.4 Å². The monoisotopic (exact) mass is 362 g/mol. The van der Waals surface area contributed by atoms with Crippen molar-refractivity contribution in [1.82, 2.24) is 0 Å². The molecule has 2 aromatic carbocycles. The third kappa shape index (κ3) is 3.53. The lowest BCUT2D eigenvalue weighted by molar-refractivity contribution is 0.0470. The van der Waals surface area contributed by atoms with Gasteiger partial charge in [-0.15, -0.1) is 0 Å². The zero-order chi connectivity index (χ0) is 18.8. The molecule has 136 valence electrons. The minimum absolute atomic E-state index is 0.216. The molecule has 0 N–H and O–H groups in total. The lowest BCUT2D eigenvalue weighted by Gasteiger charge is -2.16. The first-order valence-corrected chi connectivity index (χ1v) is 8.97. The van der Waals surface area contributed by atoms with Crippen molar-refractivity contribution in [3.8, 4) is 0 Å². The number of benzene rings is 2. The van der Waals surface area contributed by atoms with Crippen LogP contribution in [0.25, 0.3) is 11.0 Å². The van der Waals surface area contributed by atoms with Crippen LogP contribution in [0, 0.1) is 0 Å². The zero-order valence-corrected chi connectivity index (χ0v) is 14.7. The van der Waals surface area contributed by atoms with E-state index in [0.29, 0.717) is 16.5 Å². The van der Waals surface area contributed by atoms with Gasteiger partial charge in [0.25, 0.3) is 0 Å². The van der Waals surface area contributed by atoms with Gasteiger partial charge in [-0.2, -0.15) is 0 Å². The average Bonchev–Trinajstić information content (AvgIpc) is 2.70. The molecule has 0 aliphatic heterocycles. The predicted octanol–water partition coefficient (Wildman–Crippen LogP) is 3.71. The number of carbonyl (C=O) groups is 2. The van der Waals surface area contributed by atoms with Gasteiger partial charge in [0.2, 0.25) is 0 Å². The molecule has 0 amide bonds. The van der Waals surface area contributed by atoms with E-state index in [-0.39, 0.29) is 11.3 Å². The molecule has 0 saturated carbocycles. The fraction of sp³-hybridized carbons (Fsp3) is 0.227. The third-order valence-corrected chi connectivity index (χ3v) is 4.87. The lowest BCUT2D eigenvalue weighted by atomic mass is 9.90. The van der Waals surface area contributed by atoms with Crippen molar-refractivity contribution < 1.29 is 18.7 Å². The first kappa shape index (κ1) is 17.2. The molecular formula is C22H18O5. The number of fused-ring (bicyclic) bond motifs is 2. The minimum Gasteiger partial charge on any atom is -0.453 e. The van der Waals surface area contributed by atoms with E-state index in [1.165, 1.54) is 23.6 Å². The second-order valence-corrected chi connectivity index (χ2v) is 6.68. The van der Waals surface area contributed by atoms with Crippen molar-refractivity contribution in [2.45, 2.75) is 25.7 Å². The number of carbonyl (C=O) groups excluding carboxylic acids is 2. The summed E-state index contributed by atoms with van der Waals surface area (Å²) in [5, 5.41) is 0.616. The summed E-state index contributed by atoms with van der Waals surface area (Å²) in [5.74, 6) is -1.15. The van der Waals surface area contributed by atoms with Crippen LogP contribution < -0.4 is 5.63 Å². The lowest BCUT2D eigenvalue weighted by Crippen LogP contribution is -2.20. The predicted molar refractivity (Wildman–Crippen MR) is 100 cm³/mol. The summed E-state index contributed by atoms with van der Waals surface area (Å²) < 4.78 is 10.2.